The van der Waals surface area contributed by atoms with Crippen LogP contribution in [0.1, 0.15) is 12.0 Å². The molecule has 1 N–H and O–H groups in total. The molecular formula is C16H13F3N2O5S2. The standard InChI is InChI=1S/C16H13F3N2O5S2/c17-16(18,19)13-3-1-2-4-14(13)20-28(25,26)12-7-5-11(6-8-12)21-15(22)9-10-27(21,23)24/h1-8,20H,9-10H2. The number of hydrogen-bond donors (Lipinski definition) is 1. The monoisotopic (exact) mass is 434 g/mol. The lowest BCUT2D eigenvalue weighted by molar-refractivity contribution is -0.136. The Morgan fingerprint density at radius 2 is 1.61 bits per heavy atom. The smallest absolute Gasteiger partial charge is 0.279 e. The Morgan fingerprint density at radius 3 is 2.14 bits per heavy atom. The number of benzene rings is 2. The zero-order chi connectivity index (χ0) is 20.7. The second-order valence-electron chi connectivity index (χ2n) is 5.87. The quantitative estimate of drug-likeness (QED) is 0.797. The number of halogens is 3. The number of para-hydroxylation sites is 1. The van der Waals surface area contributed by atoms with Crippen LogP contribution in [-0.2, 0) is 31.0 Å². The third kappa shape index (κ3) is 3.83. The predicted molar refractivity (Wildman–Crippen MR) is 94.6 cm³/mol. The van der Waals surface area contributed by atoms with Crippen LogP contribution in [0.5, 0.6) is 0 Å². The van der Waals surface area contributed by atoms with Crippen LogP contribution >= 0.6 is 0 Å². The Hall–Kier alpha value is -2.60. The van der Waals surface area contributed by atoms with Gasteiger partial charge in [0, 0.05) is 6.42 Å². The summed E-state index contributed by atoms with van der Waals surface area (Å²) in [5.41, 5.74) is -1.84. The highest BCUT2D eigenvalue weighted by molar-refractivity contribution is 7.94. The van der Waals surface area contributed by atoms with Crippen LogP contribution in [0.25, 0.3) is 0 Å². The molecular weight excluding hydrogens is 421 g/mol. The lowest BCUT2D eigenvalue weighted by Gasteiger charge is -2.16. The molecule has 0 saturated carbocycles. The van der Waals surface area contributed by atoms with Crippen LogP contribution in [0.4, 0.5) is 24.5 Å². The van der Waals surface area contributed by atoms with Crippen molar-refractivity contribution in [3.63, 3.8) is 0 Å². The molecule has 0 radical (unpaired) electrons. The number of hydrogen-bond acceptors (Lipinski definition) is 5. The minimum atomic E-state index is -4.76. The van der Waals surface area contributed by atoms with E-state index >= 15 is 0 Å². The van der Waals surface area contributed by atoms with E-state index < -0.39 is 48.3 Å². The van der Waals surface area contributed by atoms with Crippen LogP contribution in [0, 0.1) is 0 Å². The minimum Gasteiger partial charge on any atom is -0.279 e. The molecule has 0 spiro atoms. The van der Waals surface area contributed by atoms with Gasteiger partial charge in [-0.05, 0) is 36.4 Å². The maximum atomic E-state index is 13.0. The van der Waals surface area contributed by atoms with E-state index in [2.05, 4.69) is 0 Å². The van der Waals surface area contributed by atoms with Gasteiger partial charge in [-0.3, -0.25) is 9.52 Å². The van der Waals surface area contributed by atoms with E-state index in [0.717, 1.165) is 42.5 Å². The Labute approximate surface area is 158 Å². The van der Waals surface area contributed by atoms with Gasteiger partial charge in [-0.25, -0.2) is 21.1 Å². The van der Waals surface area contributed by atoms with E-state index in [-0.39, 0.29) is 17.9 Å². The van der Waals surface area contributed by atoms with Crippen molar-refractivity contribution < 1.29 is 34.8 Å². The summed E-state index contributed by atoms with van der Waals surface area (Å²) in [7, 11) is -8.20. The van der Waals surface area contributed by atoms with Crippen molar-refractivity contribution in [1.82, 2.24) is 0 Å². The molecule has 0 aliphatic carbocycles. The lowest BCUT2D eigenvalue weighted by Crippen LogP contribution is -2.29. The fourth-order valence-electron chi connectivity index (χ4n) is 2.65. The normalized spacial score (nSPS) is 17.0. The van der Waals surface area contributed by atoms with Crippen LogP contribution < -0.4 is 9.03 Å². The average Bonchev–Trinajstić information content (AvgIpc) is 2.87. The Bertz CT molecular complexity index is 1130. The molecule has 0 atom stereocenters. The summed E-state index contributed by atoms with van der Waals surface area (Å²) < 4.78 is 90.2. The van der Waals surface area contributed by atoms with E-state index in [1.165, 1.54) is 6.07 Å². The summed E-state index contributed by atoms with van der Waals surface area (Å²) in [6.07, 6.45) is -4.94. The summed E-state index contributed by atoms with van der Waals surface area (Å²) in [5, 5.41) is 0. The van der Waals surface area contributed by atoms with Gasteiger partial charge in [-0.15, -0.1) is 0 Å². The fourth-order valence-corrected chi connectivity index (χ4v) is 5.19. The molecule has 1 saturated heterocycles. The molecule has 7 nitrogen and oxygen atoms in total. The van der Waals surface area contributed by atoms with Gasteiger partial charge in [0.15, 0.2) is 0 Å². The highest BCUT2D eigenvalue weighted by Gasteiger charge is 2.37. The first-order valence-electron chi connectivity index (χ1n) is 7.77. The molecule has 28 heavy (non-hydrogen) atoms. The second kappa shape index (κ2) is 6.78. The van der Waals surface area contributed by atoms with Gasteiger partial charge in [-0.1, -0.05) is 12.1 Å². The number of carbonyl (C=O) groups is 1. The van der Waals surface area contributed by atoms with Gasteiger partial charge in [0.1, 0.15) is 0 Å². The topological polar surface area (TPSA) is 101 Å². The lowest BCUT2D eigenvalue weighted by atomic mass is 10.2. The van der Waals surface area contributed by atoms with Gasteiger partial charge < -0.3 is 0 Å². The molecule has 1 heterocycles. The van der Waals surface area contributed by atoms with Gasteiger partial charge in [0.05, 0.1) is 27.6 Å². The molecule has 3 rings (SSSR count). The number of nitrogens with one attached hydrogen (secondary N) is 1. The number of alkyl halides is 3. The van der Waals surface area contributed by atoms with Crippen molar-refractivity contribution in [2.45, 2.75) is 17.5 Å². The number of sulfonamides is 2. The molecule has 1 fully saturated rings. The number of rotatable bonds is 4. The Morgan fingerprint density at radius 1 is 1.00 bits per heavy atom. The molecule has 12 heteroatoms. The summed E-state index contributed by atoms with van der Waals surface area (Å²) in [6, 6.07) is 8.32. The zero-order valence-electron chi connectivity index (χ0n) is 14.0. The first-order chi connectivity index (χ1) is 12.9. The van der Waals surface area contributed by atoms with Gasteiger partial charge in [0.2, 0.25) is 15.9 Å². The predicted octanol–water partition coefficient (Wildman–Crippen LogP) is 2.57. The molecule has 2 aromatic carbocycles. The third-order valence-electron chi connectivity index (χ3n) is 3.94. The second-order valence-corrected chi connectivity index (χ2v) is 9.49. The van der Waals surface area contributed by atoms with Gasteiger partial charge in [-0.2, -0.15) is 13.2 Å². The van der Waals surface area contributed by atoms with E-state index in [1.807, 2.05) is 4.72 Å². The van der Waals surface area contributed by atoms with Crippen molar-refractivity contribution in [1.29, 1.82) is 0 Å². The number of nitrogens with zero attached hydrogens (tertiary/aromatic N) is 1. The van der Waals surface area contributed by atoms with E-state index in [9.17, 15) is 34.8 Å². The maximum Gasteiger partial charge on any atom is 0.418 e. The van der Waals surface area contributed by atoms with Gasteiger partial charge >= 0.3 is 6.18 Å². The largest absolute Gasteiger partial charge is 0.418 e. The number of anilines is 2. The summed E-state index contributed by atoms with van der Waals surface area (Å²) >= 11 is 0. The number of amides is 1. The van der Waals surface area contributed by atoms with Crippen molar-refractivity contribution >= 4 is 37.3 Å². The van der Waals surface area contributed by atoms with E-state index in [0.29, 0.717) is 4.31 Å². The highest BCUT2D eigenvalue weighted by Crippen LogP contribution is 2.35. The van der Waals surface area contributed by atoms with Crippen LogP contribution in [0.3, 0.4) is 0 Å². The van der Waals surface area contributed by atoms with Crippen LogP contribution in [0.15, 0.2) is 53.4 Å². The maximum absolute atomic E-state index is 13.0. The van der Waals surface area contributed by atoms with Crippen molar-refractivity contribution in [2.75, 3.05) is 14.8 Å². The minimum absolute atomic E-state index is 0.0443. The van der Waals surface area contributed by atoms with Gasteiger partial charge in [0.25, 0.3) is 10.0 Å². The van der Waals surface area contributed by atoms with E-state index in [4.69, 9.17) is 0 Å². The van der Waals surface area contributed by atoms with Crippen molar-refractivity contribution in [3.8, 4) is 0 Å². The summed E-state index contributed by atoms with van der Waals surface area (Å²) in [4.78, 5) is 11.4. The molecule has 0 bridgehead atoms. The zero-order valence-corrected chi connectivity index (χ0v) is 15.6. The molecule has 1 amide bonds. The fraction of sp³-hybridized carbons (Fsp3) is 0.188. The first-order valence-corrected chi connectivity index (χ1v) is 10.9. The highest BCUT2D eigenvalue weighted by atomic mass is 32.2. The molecule has 2 aromatic rings. The van der Waals surface area contributed by atoms with Crippen LogP contribution in [-0.4, -0.2) is 28.5 Å². The first kappa shape index (κ1) is 20.1. The third-order valence-corrected chi connectivity index (χ3v) is 7.01. The summed E-state index contributed by atoms with van der Waals surface area (Å²) in [6.45, 7) is 0. The molecule has 0 aromatic heterocycles. The Balaban J connectivity index is 1.91. The molecule has 150 valence electrons. The molecule has 0 unspecified atom stereocenters. The van der Waals surface area contributed by atoms with E-state index in [1.54, 1.807) is 0 Å². The molecule has 1 aliphatic rings. The van der Waals surface area contributed by atoms with Crippen molar-refractivity contribution in [3.05, 3.63) is 54.1 Å². The average molecular weight is 434 g/mol. The summed E-state index contributed by atoms with van der Waals surface area (Å²) in [5.74, 6) is -0.991. The van der Waals surface area contributed by atoms with Crippen molar-refractivity contribution in [2.24, 2.45) is 0 Å². The molecule has 1 aliphatic heterocycles. The SMILES string of the molecule is O=C1CCS(=O)(=O)N1c1ccc(S(=O)(=O)Nc2ccccc2C(F)(F)F)cc1. The number of carbonyl (C=O) groups excluding carboxylic acids is 1. The Kier molecular flexibility index (Phi) is 4.88. The van der Waals surface area contributed by atoms with Crippen LogP contribution in [0.2, 0.25) is 0 Å².